The predicted octanol–water partition coefficient (Wildman–Crippen LogP) is 3.15. The molecule has 0 spiro atoms. The van der Waals surface area contributed by atoms with Crippen molar-refractivity contribution in [3.8, 4) is 0 Å². The van der Waals surface area contributed by atoms with Crippen molar-refractivity contribution < 1.29 is 4.79 Å². The Morgan fingerprint density at radius 3 is 2.88 bits per heavy atom. The zero-order valence-electron chi connectivity index (χ0n) is 9.73. The molecule has 0 saturated heterocycles. The van der Waals surface area contributed by atoms with E-state index in [0.717, 1.165) is 18.5 Å². The maximum Gasteiger partial charge on any atom is 0.227 e. The van der Waals surface area contributed by atoms with Gasteiger partial charge in [-0.2, -0.15) is 0 Å². The summed E-state index contributed by atoms with van der Waals surface area (Å²) in [6.07, 6.45) is 6.38. The molecule has 0 bridgehead atoms. The summed E-state index contributed by atoms with van der Waals surface area (Å²) < 4.78 is 0. The Morgan fingerprint density at radius 1 is 1.24 bits per heavy atom. The molecule has 0 radical (unpaired) electrons. The SMILES string of the molecule is O=C1CCCc2ccccc2N1CC=CCCl. The van der Waals surface area contributed by atoms with Crippen molar-refractivity contribution >= 4 is 23.2 Å². The number of aryl methyl sites for hydroxylation is 1. The summed E-state index contributed by atoms with van der Waals surface area (Å²) in [6.45, 7) is 0.614. The van der Waals surface area contributed by atoms with Crippen LogP contribution in [0.3, 0.4) is 0 Å². The van der Waals surface area contributed by atoms with Crippen molar-refractivity contribution in [1.82, 2.24) is 0 Å². The third-order valence-electron chi connectivity index (χ3n) is 2.96. The number of nitrogens with zero attached hydrogens (tertiary/aromatic N) is 1. The van der Waals surface area contributed by atoms with Crippen LogP contribution in [0.15, 0.2) is 36.4 Å². The maximum atomic E-state index is 12.0. The number of halogens is 1. The number of allylic oxidation sites excluding steroid dienone is 1. The van der Waals surface area contributed by atoms with Crippen molar-refractivity contribution in [2.45, 2.75) is 19.3 Å². The second kappa shape index (κ2) is 5.87. The summed E-state index contributed by atoms with van der Waals surface area (Å²) in [5.41, 5.74) is 2.31. The first-order chi connectivity index (χ1) is 8.33. The van der Waals surface area contributed by atoms with Gasteiger partial charge < -0.3 is 4.90 Å². The first kappa shape index (κ1) is 12.2. The van der Waals surface area contributed by atoms with Crippen LogP contribution in [0, 0.1) is 0 Å². The molecular weight excluding hydrogens is 234 g/mol. The van der Waals surface area contributed by atoms with E-state index in [4.69, 9.17) is 11.6 Å². The molecule has 0 aliphatic carbocycles. The van der Waals surface area contributed by atoms with Crippen LogP contribution in [0.1, 0.15) is 18.4 Å². The lowest BCUT2D eigenvalue weighted by molar-refractivity contribution is -0.118. The van der Waals surface area contributed by atoms with Crippen LogP contribution in [-0.4, -0.2) is 18.3 Å². The van der Waals surface area contributed by atoms with Gasteiger partial charge in [-0.15, -0.1) is 11.6 Å². The average Bonchev–Trinajstić information content (AvgIpc) is 2.50. The lowest BCUT2D eigenvalue weighted by Gasteiger charge is -2.21. The lowest BCUT2D eigenvalue weighted by atomic mass is 10.1. The van der Waals surface area contributed by atoms with E-state index in [-0.39, 0.29) is 5.91 Å². The van der Waals surface area contributed by atoms with E-state index in [9.17, 15) is 4.79 Å². The topological polar surface area (TPSA) is 20.3 Å². The first-order valence-electron chi connectivity index (χ1n) is 5.92. The van der Waals surface area contributed by atoms with Gasteiger partial charge >= 0.3 is 0 Å². The van der Waals surface area contributed by atoms with Gasteiger partial charge in [0.1, 0.15) is 0 Å². The number of amides is 1. The fourth-order valence-corrected chi connectivity index (χ4v) is 2.25. The van der Waals surface area contributed by atoms with E-state index < -0.39 is 0 Å². The second-order valence-electron chi connectivity index (χ2n) is 4.11. The molecule has 0 atom stereocenters. The Balaban J connectivity index is 2.27. The Morgan fingerprint density at radius 2 is 2.06 bits per heavy atom. The van der Waals surface area contributed by atoms with E-state index in [1.807, 2.05) is 35.3 Å². The molecule has 0 saturated carbocycles. The minimum atomic E-state index is 0.203. The highest BCUT2D eigenvalue weighted by molar-refractivity contribution is 6.18. The second-order valence-corrected chi connectivity index (χ2v) is 4.42. The number of anilines is 1. The molecular formula is C14H16ClNO. The molecule has 3 heteroatoms. The van der Waals surface area contributed by atoms with Gasteiger partial charge in [0.2, 0.25) is 5.91 Å². The monoisotopic (exact) mass is 249 g/mol. The largest absolute Gasteiger partial charge is 0.308 e. The molecule has 0 N–H and O–H groups in total. The van der Waals surface area contributed by atoms with Crippen LogP contribution < -0.4 is 4.90 Å². The van der Waals surface area contributed by atoms with Crippen molar-refractivity contribution in [3.63, 3.8) is 0 Å². The third-order valence-corrected chi connectivity index (χ3v) is 3.14. The number of hydrogen-bond donors (Lipinski definition) is 0. The van der Waals surface area contributed by atoms with Crippen molar-refractivity contribution in [1.29, 1.82) is 0 Å². The molecule has 1 aliphatic heterocycles. The third kappa shape index (κ3) is 2.89. The highest BCUT2D eigenvalue weighted by atomic mass is 35.5. The minimum Gasteiger partial charge on any atom is -0.308 e. The summed E-state index contributed by atoms with van der Waals surface area (Å²) in [4.78, 5) is 13.9. The highest BCUT2D eigenvalue weighted by Crippen LogP contribution is 2.26. The highest BCUT2D eigenvalue weighted by Gasteiger charge is 2.20. The first-order valence-corrected chi connectivity index (χ1v) is 6.45. The van der Waals surface area contributed by atoms with Gasteiger partial charge in [0.15, 0.2) is 0 Å². The Labute approximate surface area is 107 Å². The molecule has 2 nitrogen and oxygen atoms in total. The zero-order valence-corrected chi connectivity index (χ0v) is 10.5. The Kier molecular flexibility index (Phi) is 4.21. The molecule has 2 rings (SSSR count). The molecule has 1 aliphatic rings. The van der Waals surface area contributed by atoms with Crippen LogP contribution in [0.4, 0.5) is 5.69 Å². The standard InChI is InChI=1S/C14H16ClNO/c15-10-3-4-11-16-13-8-2-1-6-12(13)7-5-9-14(16)17/h1-4,6,8H,5,7,9-11H2. The molecule has 0 fully saturated rings. The van der Waals surface area contributed by atoms with Crippen LogP contribution in [0.25, 0.3) is 0 Å². The van der Waals surface area contributed by atoms with Crippen molar-refractivity contribution in [3.05, 3.63) is 42.0 Å². The van der Waals surface area contributed by atoms with Crippen LogP contribution in [0.5, 0.6) is 0 Å². The number of para-hydroxylation sites is 1. The molecule has 0 unspecified atom stereocenters. The van der Waals surface area contributed by atoms with E-state index in [2.05, 4.69) is 6.07 Å². The smallest absolute Gasteiger partial charge is 0.227 e. The van der Waals surface area contributed by atoms with Gasteiger partial charge in [-0.1, -0.05) is 30.4 Å². The van der Waals surface area contributed by atoms with Gasteiger partial charge in [-0.3, -0.25) is 4.79 Å². The Bertz CT molecular complexity index is 428. The number of rotatable bonds is 3. The van der Waals surface area contributed by atoms with E-state index in [1.54, 1.807) is 0 Å². The molecule has 90 valence electrons. The summed E-state index contributed by atoms with van der Waals surface area (Å²) in [6, 6.07) is 8.14. The minimum absolute atomic E-state index is 0.203. The van der Waals surface area contributed by atoms with Gasteiger partial charge in [0.05, 0.1) is 0 Å². The molecule has 0 aromatic heterocycles. The fourth-order valence-electron chi connectivity index (χ4n) is 2.13. The fraction of sp³-hybridized carbons (Fsp3) is 0.357. The van der Waals surface area contributed by atoms with E-state index >= 15 is 0 Å². The summed E-state index contributed by atoms with van der Waals surface area (Å²) in [5, 5.41) is 0. The van der Waals surface area contributed by atoms with E-state index in [0.29, 0.717) is 18.8 Å². The number of fused-ring (bicyclic) bond motifs is 1. The van der Waals surface area contributed by atoms with Crippen molar-refractivity contribution in [2.24, 2.45) is 0 Å². The molecule has 1 heterocycles. The quantitative estimate of drug-likeness (QED) is 0.595. The number of carbonyl (C=O) groups excluding carboxylic acids is 1. The number of hydrogen-bond acceptors (Lipinski definition) is 1. The normalized spacial score (nSPS) is 16.1. The number of alkyl halides is 1. The summed E-state index contributed by atoms with van der Waals surface area (Å²) in [5.74, 6) is 0.693. The van der Waals surface area contributed by atoms with Crippen LogP contribution in [0.2, 0.25) is 0 Å². The van der Waals surface area contributed by atoms with Gasteiger partial charge in [0, 0.05) is 24.5 Å². The van der Waals surface area contributed by atoms with Crippen LogP contribution >= 0.6 is 11.6 Å². The van der Waals surface area contributed by atoms with Gasteiger partial charge in [0.25, 0.3) is 0 Å². The lowest BCUT2D eigenvalue weighted by Crippen LogP contribution is -2.30. The summed E-state index contributed by atoms with van der Waals surface area (Å²) in [7, 11) is 0. The molecule has 1 aromatic carbocycles. The Hall–Kier alpha value is -1.28. The number of benzene rings is 1. The zero-order chi connectivity index (χ0) is 12.1. The predicted molar refractivity (Wildman–Crippen MR) is 71.6 cm³/mol. The molecule has 1 aromatic rings. The van der Waals surface area contributed by atoms with Gasteiger partial charge in [-0.05, 0) is 24.5 Å². The molecule has 1 amide bonds. The molecule has 17 heavy (non-hydrogen) atoms. The average molecular weight is 250 g/mol. The van der Waals surface area contributed by atoms with Gasteiger partial charge in [-0.25, -0.2) is 0 Å². The summed E-state index contributed by atoms with van der Waals surface area (Å²) >= 11 is 5.60. The van der Waals surface area contributed by atoms with E-state index in [1.165, 1.54) is 5.56 Å². The van der Waals surface area contributed by atoms with Crippen LogP contribution in [-0.2, 0) is 11.2 Å². The maximum absolute atomic E-state index is 12.0. The number of carbonyl (C=O) groups is 1. The van der Waals surface area contributed by atoms with Crippen molar-refractivity contribution in [2.75, 3.05) is 17.3 Å².